The minimum Gasteiger partial charge on any atom is -0.496 e. The number of aliphatic carboxylic acids is 1. The first-order chi connectivity index (χ1) is 8.98. The van der Waals surface area contributed by atoms with Gasteiger partial charge in [-0.25, -0.2) is 0 Å². The van der Waals surface area contributed by atoms with E-state index in [1.165, 1.54) is 7.11 Å². The van der Waals surface area contributed by atoms with Gasteiger partial charge < -0.3 is 15.2 Å². The number of hydrogen-bond acceptors (Lipinski definition) is 3. The van der Waals surface area contributed by atoms with Gasteiger partial charge in [0.25, 0.3) is 5.91 Å². The minimum atomic E-state index is -0.844. The maximum absolute atomic E-state index is 12.1. The van der Waals surface area contributed by atoms with E-state index in [-0.39, 0.29) is 12.5 Å². The SMILES string of the molecule is COc1ccc(C)cc1C(=O)NCC1(C(=O)O)CC1. The molecule has 5 nitrogen and oxygen atoms in total. The van der Waals surface area contributed by atoms with Gasteiger partial charge in [-0.1, -0.05) is 11.6 Å². The van der Waals surface area contributed by atoms with E-state index in [2.05, 4.69) is 5.32 Å². The van der Waals surface area contributed by atoms with Crippen LogP contribution in [0.5, 0.6) is 5.75 Å². The lowest BCUT2D eigenvalue weighted by Gasteiger charge is -2.13. The lowest BCUT2D eigenvalue weighted by molar-refractivity contribution is -0.143. The molecule has 1 aromatic rings. The fourth-order valence-corrected chi connectivity index (χ4v) is 1.96. The Kier molecular flexibility index (Phi) is 3.46. The monoisotopic (exact) mass is 263 g/mol. The second kappa shape index (κ2) is 4.91. The predicted molar refractivity (Wildman–Crippen MR) is 69.4 cm³/mol. The van der Waals surface area contributed by atoms with Crippen LogP contribution in [0.2, 0.25) is 0 Å². The van der Waals surface area contributed by atoms with Gasteiger partial charge in [-0.2, -0.15) is 0 Å². The summed E-state index contributed by atoms with van der Waals surface area (Å²) in [6.07, 6.45) is 1.24. The number of amides is 1. The quantitative estimate of drug-likeness (QED) is 0.846. The predicted octanol–water partition coefficient (Wildman–Crippen LogP) is 1.60. The number of hydrogen-bond donors (Lipinski definition) is 2. The van der Waals surface area contributed by atoms with Gasteiger partial charge in [0.1, 0.15) is 5.75 Å². The molecule has 1 saturated carbocycles. The largest absolute Gasteiger partial charge is 0.496 e. The number of ether oxygens (including phenoxy) is 1. The zero-order chi connectivity index (χ0) is 14.0. The number of carbonyl (C=O) groups is 2. The van der Waals surface area contributed by atoms with E-state index < -0.39 is 11.4 Å². The van der Waals surface area contributed by atoms with E-state index in [0.29, 0.717) is 24.2 Å². The van der Waals surface area contributed by atoms with Gasteiger partial charge in [0, 0.05) is 6.54 Å². The molecule has 0 spiro atoms. The van der Waals surface area contributed by atoms with Gasteiger partial charge in [-0.3, -0.25) is 9.59 Å². The summed E-state index contributed by atoms with van der Waals surface area (Å²) in [6, 6.07) is 5.32. The number of rotatable bonds is 5. The van der Waals surface area contributed by atoms with E-state index in [9.17, 15) is 9.59 Å². The fourth-order valence-electron chi connectivity index (χ4n) is 1.96. The molecule has 0 unspecified atom stereocenters. The Labute approximate surface area is 111 Å². The van der Waals surface area contributed by atoms with Crippen LogP contribution in [0.25, 0.3) is 0 Å². The first kappa shape index (κ1) is 13.4. The third kappa shape index (κ3) is 2.70. The summed E-state index contributed by atoms with van der Waals surface area (Å²) in [6.45, 7) is 2.05. The van der Waals surface area contributed by atoms with Gasteiger partial charge in [0.05, 0.1) is 18.1 Å². The summed E-state index contributed by atoms with van der Waals surface area (Å²) < 4.78 is 5.14. The van der Waals surface area contributed by atoms with Gasteiger partial charge in [0.2, 0.25) is 0 Å². The highest BCUT2D eigenvalue weighted by Crippen LogP contribution is 2.45. The number of benzene rings is 1. The zero-order valence-corrected chi connectivity index (χ0v) is 11.0. The van der Waals surface area contributed by atoms with Crippen LogP contribution in [0, 0.1) is 12.3 Å². The summed E-state index contributed by atoms with van der Waals surface area (Å²) in [4.78, 5) is 23.1. The molecule has 0 aliphatic heterocycles. The number of aryl methyl sites for hydroxylation is 1. The fraction of sp³-hybridized carbons (Fsp3) is 0.429. The molecule has 0 heterocycles. The molecular formula is C14H17NO4. The Hall–Kier alpha value is -2.04. The third-order valence-electron chi connectivity index (χ3n) is 3.49. The van der Waals surface area contributed by atoms with Crippen molar-refractivity contribution >= 4 is 11.9 Å². The van der Waals surface area contributed by atoms with Crippen molar-refractivity contribution in [2.45, 2.75) is 19.8 Å². The zero-order valence-electron chi connectivity index (χ0n) is 11.0. The Morgan fingerprint density at radius 1 is 1.42 bits per heavy atom. The Morgan fingerprint density at radius 2 is 2.11 bits per heavy atom. The van der Waals surface area contributed by atoms with Crippen molar-refractivity contribution in [1.29, 1.82) is 0 Å². The molecule has 1 aromatic carbocycles. The lowest BCUT2D eigenvalue weighted by atomic mass is 10.1. The Balaban J connectivity index is 2.08. The lowest BCUT2D eigenvalue weighted by Crippen LogP contribution is -2.34. The van der Waals surface area contributed by atoms with Crippen molar-refractivity contribution in [2.75, 3.05) is 13.7 Å². The molecule has 0 radical (unpaired) electrons. The summed E-state index contributed by atoms with van der Waals surface area (Å²) in [5.41, 5.74) is 0.626. The van der Waals surface area contributed by atoms with Crippen molar-refractivity contribution in [2.24, 2.45) is 5.41 Å². The van der Waals surface area contributed by atoms with E-state index in [4.69, 9.17) is 9.84 Å². The Morgan fingerprint density at radius 3 is 2.63 bits per heavy atom. The molecule has 0 saturated heterocycles. The van der Waals surface area contributed by atoms with Crippen LogP contribution in [-0.2, 0) is 4.79 Å². The average Bonchev–Trinajstić information content (AvgIpc) is 3.17. The molecule has 19 heavy (non-hydrogen) atoms. The molecule has 1 aliphatic carbocycles. The number of carbonyl (C=O) groups excluding carboxylic acids is 1. The molecular weight excluding hydrogens is 246 g/mol. The van der Waals surface area contributed by atoms with Gasteiger partial charge in [-0.05, 0) is 31.9 Å². The number of methoxy groups -OCH3 is 1. The summed E-state index contributed by atoms with van der Waals surface area (Å²) in [7, 11) is 1.50. The normalized spacial score (nSPS) is 15.7. The van der Waals surface area contributed by atoms with Crippen molar-refractivity contribution in [3.8, 4) is 5.75 Å². The van der Waals surface area contributed by atoms with Crippen molar-refractivity contribution in [1.82, 2.24) is 5.32 Å². The highest BCUT2D eigenvalue weighted by Gasteiger charge is 2.50. The van der Waals surface area contributed by atoms with Crippen LogP contribution < -0.4 is 10.1 Å². The molecule has 5 heteroatoms. The Bertz CT molecular complexity index is 520. The summed E-state index contributed by atoms with van der Waals surface area (Å²) >= 11 is 0. The standard InChI is InChI=1S/C14H17NO4/c1-9-3-4-11(19-2)10(7-9)12(16)15-8-14(5-6-14)13(17)18/h3-4,7H,5-6,8H2,1-2H3,(H,15,16)(H,17,18). The van der Waals surface area contributed by atoms with E-state index in [1.54, 1.807) is 12.1 Å². The molecule has 2 rings (SSSR count). The maximum Gasteiger partial charge on any atom is 0.311 e. The summed E-state index contributed by atoms with van der Waals surface area (Å²) in [5, 5.41) is 11.7. The topological polar surface area (TPSA) is 75.6 Å². The average molecular weight is 263 g/mol. The summed E-state index contributed by atoms with van der Waals surface area (Å²) in [5.74, 6) is -0.652. The van der Waals surface area contributed by atoms with Crippen molar-refractivity contribution in [3.05, 3.63) is 29.3 Å². The van der Waals surface area contributed by atoms with Gasteiger partial charge in [-0.15, -0.1) is 0 Å². The van der Waals surface area contributed by atoms with E-state index in [0.717, 1.165) is 5.56 Å². The molecule has 2 N–H and O–H groups in total. The van der Waals surface area contributed by atoms with Crippen LogP contribution in [0.1, 0.15) is 28.8 Å². The van der Waals surface area contributed by atoms with E-state index >= 15 is 0 Å². The number of carboxylic acid groups (broad SMARTS) is 1. The second-order valence-electron chi connectivity index (χ2n) is 4.97. The number of nitrogens with one attached hydrogen (secondary N) is 1. The molecule has 0 bridgehead atoms. The van der Waals surface area contributed by atoms with Crippen LogP contribution >= 0.6 is 0 Å². The van der Waals surface area contributed by atoms with Crippen molar-refractivity contribution < 1.29 is 19.4 Å². The smallest absolute Gasteiger partial charge is 0.311 e. The van der Waals surface area contributed by atoms with Gasteiger partial charge in [0.15, 0.2) is 0 Å². The maximum atomic E-state index is 12.1. The van der Waals surface area contributed by atoms with Crippen LogP contribution in [0.15, 0.2) is 18.2 Å². The van der Waals surface area contributed by atoms with Crippen molar-refractivity contribution in [3.63, 3.8) is 0 Å². The highest BCUT2D eigenvalue weighted by atomic mass is 16.5. The molecule has 0 aromatic heterocycles. The molecule has 1 amide bonds. The molecule has 0 atom stereocenters. The first-order valence-electron chi connectivity index (χ1n) is 6.15. The van der Waals surface area contributed by atoms with Crippen LogP contribution in [0.3, 0.4) is 0 Å². The first-order valence-corrected chi connectivity index (χ1v) is 6.15. The molecule has 1 aliphatic rings. The highest BCUT2D eigenvalue weighted by molar-refractivity contribution is 5.97. The molecule has 102 valence electrons. The molecule has 1 fully saturated rings. The van der Waals surface area contributed by atoms with E-state index in [1.807, 2.05) is 13.0 Å². The van der Waals surface area contributed by atoms with Gasteiger partial charge >= 0.3 is 5.97 Å². The van der Waals surface area contributed by atoms with Crippen LogP contribution in [-0.4, -0.2) is 30.6 Å². The number of carboxylic acids is 1. The second-order valence-corrected chi connectivity index (χ2v) is 4.97. The third-order valence-corrected chi connectivity index (χ3v) is 3.49. The minimum absolute atomic E-state index is 0.165. The van der Waals surface area contributed by atoms with Crippen LogP contribution in [0.4, 0.5) is 0 Å².